The first-order valence-corrected chi connectivity index (χ1v) is 12.2. The molecule has 0 spiro atoms. The summed E-state index contributed by atoms with van der Waals surface area (Å²) in [7, 11) is 2.77. The van der Waals surface area contributed by atoms with Gasteiger partial charge in [-0.25, -0.2) is 14.6 Å². The standard InChI is InChI=1S/C27H38N4O7/c1-27(2,3)23(29-26(36)38-5)24(33)30-31(16-19-11-13-20(37-4)14-12-19)17-22(32)21(28-25(34)35)15-18-9-7-6-8-10-18/h6-14,21-23,28,32H,15-17H2,1-5H3,(H,29,36)(H,30,33)(H,34,35)/t21-,22+,23+/m0/s1. The number of ether oxygens (including phenoxy) is 2. The van der Waals surface area contributed by atoms with Gasteiger partial charge in [-0.15, -0.1) is 0 Å². The summed E-state index contributed by atoms with van der Waals surface area (Å²) in [5.74, 6) is 0.141. The summed E-state index contributed by atoms with van der Waals surface area (Å²) in [5.41, 5.74) is 3.77. The van der Waals surface area contributed by atoms with Gasteiger partial charge in [-0.2, -0.15) is 0 Å². The van der Waals surface area contributed by atoms with E-state index in [2.05, 4.69) is 20.8 Å². The maximum absolute atomic E-state index is 13.3. The zero-order valence-corrected chi connectivity index (χ0v) is 22.4. The van der Waals surface area contributed by atoms with Gasteiger partial charge in [-0.3, -0.25) is 10.2 Å². The van der Waals surface area contributed by atoms with E-state index in [1.807, 2.05) is 42.5 Å². The van der Waals surface area contributed by atoms with Crippen molar-refractivity contribution >= 4 is 18.1 Å². The smallest absolute Gasteiger partial charge is 0.407 e. The van der Waals surface area contributed by atoms with Crippen LogP contribution in [-0.4, -0.2) is 72.3 Å². The van der Waals surface area contributed by atoms with Crippen molar-refractivity contribution < 1.29 is 34.1 Å². The van der Waals surface area contributed by atoms with Crippen molar-refractivity contribution in [2.75, 3.05) is 20.8 Å². The molecule has 3 atom stereocenters. The molecule has 2 aromatic carbocycles. The molecule has 0 unspecified atom stereocenters. The minimum atomic E-state index is -1.27. The number of benzene rings is 2. The minimum absolute atomic E-state index is 0.107. The van der Waals surface area contributed by atoms with E-state index >= 15 is 0 Å². The predicted octanol–water partition coefficient (Wildman–Crippen LogP) is 2.54. The van der Waals surface area contributed by atoms with Gasteiger partial charge in [0.1, 0.15) is 11.8 Å². The Labute approximate surface area is 223 Å². The van der Waals surface area contributed by atoms with Crippen LogP contribution in [-0.2, 0) is 22.5 Å². The molecule has 0 fully saturated rings. The summed E-state index contributed by atoms with van der Waals surface area (Å²) < 4.78 is 9.88. The van der Waals surface area contributed by atoms with Crippen LogP contribution in [0.2, 0.25) is 0 Å². The van der Waals surface area contributed by atoms with E-state index < -0.39 is 41.7 Å². The highest BCUT2D eigenvalue weighted by Gasteiger charge is 2.35. The van der Waals surface area contributed by atoms with E-state index in [1.54, 1.807) is 40.0 Å². The number of carboxylic acid groups (broad SMARTS) is 1. The number of carbonyl (C=O) groups excluding carboxylic acids is 2. The number of hydrogen-bond acceptors (Lipinski definition) is 7. The van der Waals surface area contributed by atoms with Crippen LogP contribution in [0.15, 0.2) is 54.6 Å². The highest BCUT2D eigenvalue weighted by molar-refractivity contribution is 5.86. The second-order valence-corrected chi connectivity index (χ2v) is 9.95. The molecule has 11 heteroatoms. The first kappa shape index (κ1) is 30.4. The monoisotopic (exact) mass is 530 g/mol. The Morgan fingerprint density at radius 2 is 1.58 bits per heavy atom. The van der Waals surface area contributed by atoms with Gasteiger partial charge >= 0.3 is 12.2 Å². The Hall–Kier alpha value is -3.83. The van der Waals surface area contributed by atoms with Gasteiger partial charge in [0.2, 0.25) is 0 Å². The van der Waals surface area contributed by atoms with Crippen molar-refractivity contribution in [3.05, 3.63) is 65.7 Å². The van der Waals surface area contributed by atoms with Gasteiger partial charge in [0.25, 0.3) is 5.91 Å². The largest absolute Gasteiger partial charge is 0.497 e. The molecule has 0 aliphatic heterocycles. The number of aliphatic hydroxyl groups is 1. The van der Waals surface area contributed by atoms with Gasteiger partial charge in [0, 0.05) is 13.1 Å². The lowest BCUT2D eigenvalue weighted by Crippen LogP contribution is -2.59. The maximum Gasteiger partial charge on any atom is 0.407 e. The summed E-state index contributed by atoms with van der Waals surface area (Å²) in [5, 5.41) is 26.9. The molecule has 0 aromatic heterocycles. The molecule has 3 amide bonds. The average molecular weight is 531 g/mol. The Bertz CT molecular complexity index is 1040. The molecule has 0 aliphatic carbocycles. The zero-order valence-electron chi connectivity index (χ0n) is 22.4. The second-order valence-electron chi connectivity index (χ2n) is 9.95. The molecule has 38 heavy (non-hydrogen) atoms. The third kappa shape index (κ3) is 9.91. The van der Waals surface area contributed by atoms with E-state index in [-0.39, 0.29) is 19.5 Å². The van der Waals surface area contributed by atoms with Crippen LogP contribution in [0.1, 0.15) is 31.9 Å². The van der Waals surface area contributed by atoms with Crippen molar-refractivity contribution in [3.63, 3.8) is 0 Å². The first-order valence-electron chi connectivity index (χ1n) is 12.2. The topological polar surface area (TPSA) is 149 Å². The lowest BCUT2D eigenvalue weighted by Gasteiger charge is -2.34. The van der Waals surface area contributed by atoms with Crippen LogP contribution >= 0.6 is 0 Å². The first-order chi connectivity index (χ1) is 17.9. The number of aliphatic hydroxyl groups excluding tert-OH is 1. The fraction of sp³-hybridized carbons (Fsp3) is 0.444. The summed E-state index contributed by atoms with van der Waals surface area (Å²) >= 11 is 0. The SMILES string of the molecule is COC(=O)N[C@H](C(=O)NN(Cc1ccc(OC)cc1)C[C@@H](O)[C@H](Cc1ccccc1)NC(=O)O)C(C)(C)C. The number of amides is 3. The number of carbonyl (C=O) groups is 3. The Morgan fingerprint density at radius 1 is 0.947 bits per heavy atom. The number of alkyl carbamates (subject to hydrolysis) is 1. The lowest BCUT2D eigenvalue weighted by atomic mass is 9.86. The maximum atomic E-state index is 13.3. The summed E-state index contributed by atoms with van der Waals surface area (Å²) in [6.07, 6.45) is -2.97. The number of nitrogens with zero attached hydrogens (tertiary/aromatic N) is 1. The fourth-order valence-corrected chi connectivity index (χ4v) is 3.84. The Balaban J connectivity index is 2.29. The summed E-state index contributed by atoms with van der Waals surface area (Å²) in [6.45, 7) is 5.46. The van der Waals surface area contributed by atoms with Crippen LogP contribution in [0.4, 0.5) is 9.59 Å². The molecule has 0 bridgehead atoms. The molecule has 5 N–H and O–H groups in total. The van der Waals surface area contributed by atoms with Crippen molar-refractivity contribution in [1.82, 2.24) is 21.1 Å². The van der Waals surface area contributed by atoms with E-state index in [9.17, 15) is 24.6 Å². The van der Waals surface area contributed by atoms with Crippen molar-refractivity contribution in [1.29, 1.82) is 0 Å². The highest BCUT2D eigenvalue weighted by Crippen LogP contribution is 2.20. The van der Waals surface area contributed by atoms with Gasteiger partial charge in [0.05, 0.1) is 26.4 Å². The van der Waals surface area contributed by atoms with E-state index in [4.69, 9.17) is 4.74 Å². The number of rotatable bonds is 12. The zero-order chi connectivity index (χ0) is 28.3. The fourth-order valence-electron chi connectivity index (χ4n) is 3.84. The van der Waals surface area contributed by atoms with Crippen molar-refractivity contribution in [2.24, 2.45) is 5.41 Å². The third-order valence-electron chi connectivity index (χ3n) is 5.86. The van der Waals surface area contributed by atoms with E-state index in [0.29, 0.717) is 5.75 Å². The number of hydrogen-bond donors (Lipinski definition) is 5. The van der Waals surface area contributed by atoms with Gasteiger partial charge in [0.15, 0.2) is 0 Å². The molecule has 0 saturated carbocycles. The molecule has 2 rings (SSSR count). The average Bonchev–Trinajstić information content (AvgIpc) is 2.86. The lowest BCUT2D eigenvalue weighted by molar-refractivity contribution is -0.131. The van der Waals surface area contributed by atoms with Crippen LogP contribution in [0.5, 0.6) is 5.75 Å². The number of hydrazine groups is 1. The van der Waals surface area contributed by atoms with Crippen molar-refractivity contribution in [2.45, 2.75) is 51.9 Å². The molecule has 0 heterocycles. The number of nitrogens with one attached hydrogen (secondary N) is 3. The molecule has 11 nitrogen and oxygen atoms in total. The highest BCUT2D eigenvalue weighted by atomic mass is 16.5. The Morgan fingerprint density at radius 3 is 2.11 bits per heavy atom. The molecule has 0 saturated heterocycles. The number of methoxy groups -OCH3 is 2. The Kier molecular flexibility index (Phi) is 11.4. The van der Waals surface area contributed by atoms with Crippen molar-refractivity contribution in [3.8, 4) is 5.75 Å². The normalized spacial score (nSPS) is 13.7. The van der Waals surface area contributed by atoms with E-state index in [1.165, 1.54) is 12.1 Å². The van der Waals surface area contributed by atoms with Gasteiger partial charge in [-0.05, 0) is 35.1 Å². The van der Waals surface area contributed by atoms with E-state index in [0.717, 1.165) is 11.1 Å². The molecule has 0 aliphatic rings. The molecular formula is C27H38N4O7. The summed E-state index contributed by atoms with van der Waals surface area (Å²) in [4.78, 5) is 36.7. The van der Waals surface area contributed by atoms with Crippen LogP contribution in [0, 0.1) is 5.41 Å². The van der Waals surface area contributed by atoms with Crippen LogP contribution in [0.25, 0.3) is 0 Å². The van der Waals surface area contributed by atoms with Gasteiger partial charge in [-0.1, -0.05) is 63.2 Å². The quantitative estimate of drug-likeness (QED) is 0.263. The third-order valence-corrected chi connectivity index (χ3v) is 5.86. The molecular weight excluding hydrogens is 492 g/mol. The van der Waals surface area contributed by atoms with Crippen LogP contribution in [0.3, 0.4) is 0 Å². The molecule has 208 valence electrons. The minimum Gasteiger partial charge on any atom is -0.497 e. The van der Waals surface area contributed by atoms with Crippen LogP contribution < -0.4 is 20.8 Å². The molecule has 2 aromatic rings. The summed E-state index contributed by atoms with van der Waals surface area (Å²) in [6, 6.07) is 14.6. The predicted molar refractivity (Wildman–Crippen MR) is 141 cm³/mol. The second kappa shape index (κ2) is 14.2. The van der Waals surface area contributed by atoms with Gasteiger partial charge < -0.3 is 30.3 Å². The molecule has 0 radical (unpaired) electrons.